The van der Waals surface area contributed by atoms with E-state index < -0.39 is 9.05 Å². The van der Waals surface area contributed by atoms with Gasteiger partial charge in [-0.25, -0.2) is 8.42 Å². The molecule has 0 heterocycles. The number of carbonyl (C=O) groups excluding carboxylic acids is 1. The van der Waals surface area contributed by atoms with E-state index in [-0.39, 0.29) is 16.4 Å². The highest BCUT2D eigenvalue weighted by Crippen LogP contribution is 2.23. The Kier molecular flexibility index (Phi) is 6.48. The molecular formula is C13H17BrClNO3S. The highest BCUT2D eigenvalue weighted by molar-refractivity contribution is 9.10. The summed E-state index contributed by atoms with van der Waals surface area (Å²) < 4.78 is 23.1. The molecule has 1 rings (SSSR count). The summed E-state index contributed by atoms with van der Waals surface area (Å²) in [6.07, 6.45) is 1.96. The van der Waals surface area contributed by atoms with Crippen molar-refractivity contribution >= 4 is 41.6 Å². The zero-order valence-corrected chi connectivity index (χ0v) is 14.5. The third-order valence-electron chi connectivity index (χ3n) is 3.17. The van der Waals surface area contributed by atoms with Gasteiger partial charge < -0.3 is 5.32 Å². The second-order valence-electron chi connectivity index (χ2n) is 4.47. The van der Waals surface area contributed by atoms with Crippen LogP contribution < -0.4 is 5.32 Å². The highest BCUT2D eigenvalue weighted by Gasteiger charge is 2.17. The summed E-state index contributed by atoms with van der Waals surface area (Å²) >= 11 is 3.24. The van der Waals surface area contributed by atoms with Gasteiger partial charge in [0.2, 0.25) is 0 Å². The van der Waals surface area contributed by atoms with Crippen molar-refractivity contribution in [3.05, 3.63) is 28.2 Å². The Morgan fingerprint density at radius 1 is 1.35 bits per heavy atom. The quantitative estimate of drug-likeness (QED) is 0.765. The van der Waals surface area contributed by atoms with Crippen LogP contribution in [-0.4, -0.2) is 20.9 Å². The van der Waals surface area contributed by atoms with Crippen molar-refractivity contribution in [2.24, 2.45) is 5.92 Å². The topological polar surface area (TPSA) is 63.2 Å². The van der Waals surface area contributed by atoms with E-state index in [9.17, 15) is 13.2 Å². The lowest BCUT2D eigenvalue weighted by Gasteiger charge is -2.14. The average Bonchev–Trinajstić information content (AvgIpc) is 2.38. The van der Waals surface area contributed by atoms with E-state index in [1.54, 1.807) is 0 Å². The Hall–Kier alpha value is -0.590. The van der Waals surface area contributed by atoms with Gasteiger partial charge in [-0.15, -0.1) is 0 Å². The van der Waals surface area contributed by atoms with Crippen LogP contribution in [0.2, 0.25) is 0 Å². The van der Waals surface area contributed by atoms with E-state index in [2.05, 4.69) is 35.1 Å². The number of benzene rings is 1. The van der Waals surface area contributed by atoms with Crippen LogP contribution in [0.3, 0.4) is 0 Å². The van der Waals surface area contributed by atoms with Gasteiger partial charge in [0.15, 0.2) is 0 Å². The zero-order valence-electron chi connectivity index (χ0n) is 11.3. The molecule has 0 aliphatic carbocycles. The van der Waals surface area contributed by atoms with Crippen LogP contribution in [0, 0.1) is 5.92 Å². The minimum Gasteiger partial charge on any atom is -0.352 e. The maximum atomic E-state index is 12.1. The van der Waals surface area contributed by atoms with E-state index in [1.165, 1.54) is 18.2 Å². The molecule has 0 aromatic heterocycles. The van der Waals surface area contributed by atoms with E-state index >= 15 is 0 Å². The Balaban J connectivity index is 2.93. The third kappa shape index (κ3) is 4.75. The van der Waals surface area contributed by atoms with Gasteiger partial charge in [-0.2, -0.15) is 0 Å². The van der Waals surface area contributed by atoms with Gasteiger partial charge in [0.25, 0.3) is 15.0 Å². The molecule has 0 spiro atoms. The van der Waals surface area contributed by atoms with Gasteiger partial charge in [-0.05, 0) is 40.0 Å². The molecule has 1 aromatic carbocycles. The summed E-state index contributed by atoms with van der Waals surface area (Å²) in [5.74, 6) is 0.101. The standard InChI is InChI=1S/C13H17BrClNO3S/c1-3-9(4-2)8-16-13(17)11-7-10(20(15,18)19)5-6-12(11)14/h5-7,9H,3-4,8H2,1-2H3,(H,16,17). The van der Waals surface area contributed by atoms with Gasteiger partial charge in [0.1, 0.15) is 0 Å². The molecule has 7 heteroatoms. The number of amides is 1. The molecule has 20 heavy (non-hydrogen) atoms. The SMILES string of the molecule is CCC(CC)CNC(=O)c1cc(S(=O)(=O)Cl)ccc1Br. The van der Waals surface area contributed by atoms with Crippen LogP contribution in [0.4, 0.5) is 0 Å². The monoisotopic (exact) mass is 381 g/mol. The fourth-order valence-electron chi connectivity index (χ4n) is 1.74. The first-order valence-corrected chi connectivity index (χ1v) is 9.42. The number of carbonyl (C=O) groups is 1. The number of hydrogen-bond acceptors (Lipinski definition) is 3. The first-order valence-electron chi connectivity index (χ1n) is 6.32. The van der Waals surface area contributed by atoms with Crippen LogP contribution in [0.5, 0.6) is 0 Å². The Bertz CT molecular complexity index is 585. The molecule has 1 N–H and O–H groups in total. The minimum atomic E-state index is -3.84. The van der Waals surface area contributed by atoms with Crippen LogP contribution in [0.15, 0.2) is 27.6 Å². The van der Waals surface area contributed by atoms with Crippen molar-refractivity contribution in [1.82, 2.24) is 5.32 Å². The molecule has 1 amide bonds. The summed E-state index contributed by atoms with van der Waals surface area (Å²) in [6, 6.07) is 4.13. The Labute approximate surface area is 132 Å². The second kappa shape index (κ2) is 7.43. The summed E-state index contributed by atoms with van der Waals surface area (Å²) in [5, 5.41) is 2.81. The first-order chi connectivity index (χ1) is 9.29. The molecule has 0 unspecified atom stereocenters. The summed E-state index contributed by atoms with van der Waals surface area (Å²) in [5.41, 5.74) is 0.262. The van der Waals surface area contributed by atoms with E-state index in [0.29, 0.717) is 16.9 Å². The average molecular weight is 383 g/mol. The molecule has 4 nitrogen and oxygen atoms in total. The molecule has 0 aliphatic heterocycles. The van der Waals surface area contributed by atoms with Crippen molar-refractivity contribution < 1.29 is 13.2 Å². The second-order valence-corrected chi connectivity index (χ2v) is 7.89. The Morgan fingerprint density at radius 2 is 1.95 bits per heavy atom. The van der Waals surface area contributed by atoms with Crippen molar-refractivity contribution in [3.8, 4) is 0 Å². The molecular weight excluding hydrogens is 366 g/mol. The smallest absolute Gasteiger partial charge is 0.261 e. The van der Waals surface area contributed by atoms with E-state index in [1.807, 2.05) is 0 Å². The predicted octanol–water partition coefficient (Wildman–Crippen LogP) is 3.54. The summed E-state index contributed by atoms with van der Waals surface area (Å²) in [7, 11) is 1.44. The lowest BCUT2D eigenvalue weighted by atomic mass is 10.0. The molecule has 0 atom stereocenters. The largest absolute Gasteiger partial charge is 0.352 e. The van der Waals surface area contributed by atoms with Crippen LogP contribution in [0.25, 0.3) is 0 Å². The van der Waals surface area contributed by atoms with Crippen LogP contribution >= 0.6 is 26.6 Å². The maximum absolute atomic E-state index is 12.1. The number of nitrogens with one attached hydrogen (secondary N) is 1. The normalized spacial score (nSPS) is 11.7. The molecule has 0 fully saturated rings. The molecule has 0 saturated heterocycles. The fourth-order valence-corrected chi connectivity index (χ4v) is 2.94. The van der Waals surface area contributed by atoms with E-state index in [4.69, 9.17) is 10.7 Å². The van der Waals surface area contributed by atoms with Crippen molar-refractivity contribution in [1.29, 1.82) is 0 Å². The van der Waals surface area contributed by atoms with Crippen molar-refractivity contribution in [2.45, 2.75) is 31.6 Å². The zero-order chi connectivity index (χ0) is 15.3. The fraction of sp³-hybridized carbons (Fsp3) is 0.462. The predicted molar refractivity (Wildman–Crippen MR) is 83.6 cm³/mol. The maximum Gasteiger partial charge on any atom is 0.261 e. The molecule has 0 bridgehead atoms. The van der Waals surface area contributed by atoms with Gasteiger partial charge in [-0.1, -0.05) is 26.7 Å². The molecule has 1 aromatic rings. The van der Waals surface area contributed by atoms with Crippen molar-refractivity contribution in [2.75, 3.05) is 6.54 Å². The van der Waals surface area contributed by atoms with Gasteiger partial charge >= 0.3 is 0 Å². The molecule has 0 saturated carbocycles. The number of halogens is 2. The van der Waals surface area contributed by atoms with E-state index in [0.717, 1.165) is 12.8 Å². The summed E-state index contributed by atoms with van der Waals surface area (Å²) in [6.45, 7) is 4.70. The van der Waals surface area contributed by atoms with Crippen LogP contribution in [0.1, 0.15) is 37.0 Å². The van der Waals surface area contributed by atoms with Gasteiger partial charge in [-0.3, -0.25) is 4.79 Å². The van der Waals surface area contributed by atoms with Gasteiger partial charge in [0.05, 0.1) is 10.5 Å². The number of rotatable bonds is 6. The highest BCUT2D eigenvalue weighted by atomic mass is 79.9. The minimum absolute atomic E-state index is 0.0879. The number of hydrogen-bond donors (Lipinski definition) is 1. The molecule has 0 aliphatic rings. The van der Waals surface area contributed by atoms with Gasteiger partial charge in [0, 0.05) is 21.7 Å². The Morgan fingerprint density at radius 3 is 2.45 bits per heavy atom. The van der Waals surface area contributed by atoms with Crippen LogP contribution in [-0.2, 0) is 9.05 Å². The summed E-state index contributed by atoms with van der Waals surface area (Å²) in [4.78, 5) is 12.0. The molecule has 112 valence electrons. The lowest BCUT2D eigenvalue weighted by Crippen LogP contribution is -2.29. The molecule has 0 radical (unpaired) electrons. The van der Waals surface area contributed by atoms with Crippen molar-refractivity contribution in [3.63, 3.8) is 0 Å². The first kappa shape index (κ1) is 17.5. The third-order valence-corrected chi connectivity index (χ3v) is 5.21. The lowest BCUT2D eigenvalue weighted by molar-refractivity contribution is 0.0945.